The quantitative estimate of drug-likeness (QED) is 0.663. The minimum atomic E-state index is -0.365. The van der Waals surface area contributed by atoms with Crippen LogP contribution in [0.5, 0.6) is 5.75 Å². The molecule has 0 spiro atoms. The van der Waals surface area contributed by atoms with Gasteiger partial charge in [0.2, 0.25) is 0 Å². The number of nitro benzene ring substituents is 1. The van der Waals surface area contributed by atoms with E-state index in [9.17, 15) is 10.1 Å². The fourth-order valence-corrected chi connectivity index (χ4v) is 3.32. The Labute approximate surface area is 123 Å². The molecule has 0 aromatic heterocycles. The minimum Gasteiger partial charge on any atom is -0.484 e. The van der Waals surface area contributed by atoms with Crippen molar-refractivity contribution < 1.29 is 9.66 Å². The second-order valence-corrected chi connectivity index (χ2v) is 6.28. The van der Waals surface area contributed by atoms with E-state index in [-0.39, 0.29) is 16.7 Å². The van der Waals surface area contributed by atoms with Crippen molar-refractivity contribution >= 4 is 23.1 Å². The van der Waals surface area contributed by atoms with Gasteiger partial charge in [0.05, 0.1) is 11.0 Å². The average Bonchev–Trinajstić information content (AvgIpc) is 2.39. The molecule has 1 N–H and O–H groups in total. The van der Waals surface area contributed by atoms with Gasteiger partial charge in [-0.2, -0.15) is 11.8 Å². The molecule has 1 aliphatic heterocycles. The fraction of sp³-hybridized carbons (Fsp3) is 0.571. The summed E-state index contributed by atoms with van der Waals surface area (Å²) in [4.78, 5) is 11.0. The van der Waals surface area contributed by atoms with E-state index in [1.165, 1.54) is 5.75 Å². The van der Waals surface area contributed by atoms with E-state index in [4.69, 9.17) is 4.74 Å². The predicted octanol–water partition coefficient (Wildman–Crippen LogP) is 3.69. The number of hydrogen-bond acceptors (Lipinski definition) is 5. The van der Waals surface area contributed by atoms with Crippen molar-refractivity contribution in [3.05, 3.63) is 28.3 Å². The molecule has 1 heterocycles. The predicted molar refractivity (Wildman–Crippen MR) is 82.8 cm³/mol. The summed E-state index contributed by atoms with van der Waals surface area (Å²) >= 11 is 1.89. The van der Waals surface area contributed by atoms with Crippen molar-refractivity contribution in [1.82, 2.24) is 0 Å². The Morgan fingerprint density at radius 1 is 1.50 bits per heavy atom. The largest absolute Gasteiger partial charge is 0.484 e. The fourth-order valence-electron chi connectivity index (χ4n) is 2.25. The molecule has 2 rings (SSSR count). The van der Waals surface area contributed by atoms with Crippen molar-refractivity contribution in [2.24, 2.45) is 0 Å². The molecule has 5 nitrogen and oxygen atoms in total. The molecule has 1 aromatic carbocycles. The van der Waals surface area contributed by atoms with Crippen molar-refractivity contribution in [3.63, 3.8) is 0 Å². The number of nitrogens with zero attached hydrogens (tertiary/aromatic N) is 1. The molecule has 6 heteroatoms. The second-order valence-electron chi connectivity index (χ2n) is 5.13. The molecule has 1 aromatic rings. The van der Waals surface area contributed by atoms with Crippen LogP contribution in [0.3, 0.4) is 0 Å². The maximum Gasteiger partial charge on any atom is 0.333 e. The first kappa shape index (κ1) is 15.0. The topological polar surface area (TPSA) is 64.4 Å². The van der Waals surface area contributed by atoms with Crippen molar-refractivity contribution in [2.75, 3.05) is 16.8 Å². The summed E-state index contributed by atoms with van der Waals surface area (Å²) in [6, 6.07) is 5.49. The molecule has 0 radical (unpaired) electrons. The molecule has 1 saturated heterocycles. The summed E-state index contributed by atoms with van der Waals surface area (Å²) in [5, 5.41) is 14.6. The van der Waals surface area contributed by atoms with E-state index >= 15 is 0 Å². The second kappa shape index (κ2) is 6.83. The van der Waals surface area contributed by atoms with Gasteiger partial charge in [0.1, 0.15) is 5.69 Å². The van der Waals surface area contributed by atoms with E-state index in [0.717, 1.165) is 18.6 Å². The number of nitrogens with one attached hydrogen (secondary N) is 1. The van der Waals surface area contributed by atoms with Gasteiger partial charge in [0.15, 0.2) is 5.75 Å². The Balaban J connectivity index is 2.24. The highest BCUT2D eigenvalue weighted by molar-refractivity contribution is 7.99. The highest BCUT2D eigenvalue weighted by atomic mass is 32.2. The minimum absolute atomic E-state index is 0.0387. The van der Waals surface area contributed by atoms with Crippen molar-refractivity contribution in [2.45, 2.75) is 38.8 Å². The van der Waals surface area contributed by atoms with Crippen LogP contribution in [0.4, 0.5) is 11.4 Å². The lowest BCUT2D eigenvalue weighted by atomic mass is 10.1. The van der Waals surface area contributed by atoms with Crippen LogP contribution >= 0.6 is 11.8 Å². The van der Waals surface area contributed by atoms with E-state index < -0.39 is 0 Å². The third-order valence-corrected chi connectivity index (χ3v) is 4.28. The van der Waals surface area contributed by atoms with Crippen LogP contribution in [0.15, 0.2) is 18.2 Å². The summed E-state index contributed by atoms with van der Waals surface area (Å²) in [5.74, 6) is 2.50. The Bertz CT molecular complexity index is 473. The molecular formula is C14H20N2O3S. The van der Waals surface area contributed by atoms with Gasteiger partial charge in [-0.1, -0.05) is 6.07 Å². The van der Waals surface area contributed by atoms with Crippen LogP contribution < -0.4 is 10.1 Å². The van der Waals surface area contributed by atoms with Gasteiger partial charge in [0, 0.05) is 11.8 Å². The number of benzene rings is 1. The Morgan fingerprint density at radius 2 is 2.30 bits per heavy atom. The number of hydrogen-bond donors (Lipinski definition) is 1. The molecule has 20 heavy (non-hydrogen) atoms. The van der Waals surface area contributed by atoms with E-state index in [1.807, 2.05) is 25.6 Å². The highest BCUT2D eigenvalue weighted by Gasteiger charge is 2.24. The molecule has 0 amide bonds. The summed E-state index contributed by atoms with van der Waals surface area (Å²) in [7, 11) is 0. The zero-order valence-corrected chi connectivity index (χ0v) is 12.6. The first-order valence-electron chi connectivity index (χ1n) is 6.86. The number of thioether (sulfide) groups is 1. The van der Waals surface area contributed by atoms with Crippen LogP contribution in [0.2, 0.25) is 0 Å². The van der Waals surface area contributed by atoms with Crippen LogP contribution in [0, 0.1) is 10.1 Å². The number of para-hydroxylation sites is 1. The lowest BCUT2D eigenvalue weighted by Gasteiger charge is -2.23. The van der Waals surface area contributed by atoms with Gasteiger partial charge in [-0.3, -0.25) is 10.1 Å². The maximum atomic E-state index is 11.3. The lowest BCUT2D eigenvalue weighted by Crippen LogP contribution is -2.26. The van der Waals surface area contributed by atoms with Gasteiger partial charge in [-0.05, 0) is 44.6 Å². The van der Waals surface area contributed by atoms with E-state index in [2.05, 4.69) is 5.32 Å². The SMILES string of the molecule is CC(C)Oc1cccc(NC2CCCSC2)c1[N+](=O)[O-]. The summed E-state index contributed by atoms with van der Waals surface area (Å²) in [6.45, 7) is 3.73. The standard InChI is InChI=1S/C14H20N2O3S/c1-10(2)19-13-7-3-6-12(14(13)16(17)18)15-11-5-4-8-20-9-11/h3,6-7,10-11,15H,4-5,8-9H2,1-2H3. The van der Waals surface area contributed by atoms with Crippen LogP contribution in [-0.4, -0.2) is 28.6 Å². The van der Waals surface area contributed by atoms with Crippen molar-refractivity contribution in [1.29, 1.82) is 0 Å². The molecule has 0 saturated carbocycles. The number of rotatable bonds is 5. The first-order chi connectivity index (χ1) is 9.58. The lowest BCUT2D eigenvalue weighted by molar-refractivity contribution is -0.385. The number of nitro groups is 1. The van der Waals surface area contributed by atoms with Gasteiger partial charge in [-0.25, -0.2) is 0 Å². The zero-order chi connectivity index (χ0) is 14.5. The van der Waals surface area contributed by atoms with Gasteiger partial charge < -0.3 is 10.1 Å². The molecule has 1 atom stereocenters. The molecule has 1 fully saturated rings. The third kappa shape index (κ3) is 3.79. The molecule has 0 aliphatic carbocycles. The molecular weight excluding hydrogens is 276 g/mol. The first-order valence-corrected chi connectivity index (χ1v) is 8.01. The molecule has 1 unspecified atom stereocenters. The summed E-state index contributed by atoms with van der Waals surface area (Å²) < 4.78 is 5.55. The van der Waals surface area contributed by atoms with Gasteiger partial charge in [-0.15, -0.1) is 0 Å². The number of ether oxygens (including phenoxy) is 1. The summed E-state index contributed by atoms with van der Waals surface area (Å²) in [5.41, 5.74) is 0.595. The maximum absolute atomic E-state index is 11.3. The van der Waals surface area contributed by atoms with Crippen LogP contribution in [0.1, 0.15) is 26.7 Å². The molecule has 0 bridgehead atoms. The Morgan fingerprint density at radius 3 is 2.90 bits per heavy atom. The monoisotopic (exact) mass is 296 g/mol. The van der Waals surface area contributed by atoms with Crippen LogP contribution in [-0.2, 0) is 0 Å². The number of anilines is 1. The Hall–Kier alpha value is -1.43. The van der Waals surface area contributed by atoms with Crippen molar-refractivity contribution in [3.8, 4) is 5.75 Å². The smallest absolute Gasteiger partial charge is 0.333 e. The molecule has 1 aliphatic rings. The zero-order valence-electron chi connectivity index (χ0n) is 11.8. The van der Waals surface area contributed by atoms with Gasteiger partial charge in [0.25, 0.3) is 0 Å². The molecule has 110 valence electrons. The highest BCUT2D eigenvalue weighted by Crippen LogP contribution is 2.36. The van der Waals surface area contributed by atoms with E-state index in [0.29, 0.717) is 17.5 Å². The third-order valence-electron chi connectivity index (χ3n) is 3.06. The normalized spacial score (nSPS) is 18.9. The Kier molecular flexibility index (Phi) is 5.11. The summed E-state index contributed by atoms with van der Waals surface area (Å²) in [6.07, 6.45) is 2.12. The van der Waals surface area contributed by atoms with Gasteiger partial charge >= 0.3 is 5.69 Å². The average molecular weight is 296 g/mol. The van der Waals surface area contributed by atoms with E-state index in [1.54, 1.807) is 18.2 Å². The van der Waals surface area contributed by atoms with Crippen LogP contribution in [0.25, 0.3) is 0 Å².